The number of hydrazone groups is 1. The minimum absolute atomic E-state index is 0.0140. The van der Waals surface area contributed by atoms with Crippen molar-refractivity contribution in [2.75, 3.05) is 5.75 Å². The number of thioether (sulfide) groups is 1. The molecule has 2 aromatic carbocycles. The number of phenols is 2. The highest BCUT2D eigenvalue weighted by atomic mass is 32.2. The van der Waals surface area contributed by atoms with E-state index in [-0.39, 0.29) is 23.2 Å². The van der Waals surface area contributed by atoms with Crippen molar-refractivity contribution >= 4 is 44.9 Å². The van der Waals surface area contributed by atoms with Crippen LogP contribution < -0.4 is 5.43 Å². The molecule has 0 unspecified atom stereocenters. The second kappa shape index (κ2) is 7.54. The number of hydrogen-bond donors (Lipinski definition) is 3. The number of para-hydroxylation sites is 1. The van der Waals surface area contributed by atoms with E-state index in [0.29, 0.717) is 11.3 Å². The van der Waals surface area contributed by atoms with Gasteiger partial charge in [0.25, 0.3) is 5.91 Å². The maximum absolute atomic E-state index is 11.9. The van der Waals surface area contributed by atoms with Crippen molar-refractivity contribution in [3.63, 3.8) is 0 Å². The Bertz CT molecular complexity index is 920. The van der Waals surface area contributed by atoms with Gasteiger partial charge in [-0.2, -0.15) is 5.10 Å². The topological polar surface area (TPSA) is 94.8 Å². The minimum atomic E-state index is -0.275. The molecule has 128 valence electrons. The van der Waals surface area contributed by atoms with Gasteiger partial charge in [0, 0.05) is 5.56 Å². The summed E-state index contributed by atoms with van der Waals surface area (Å²) in [6.07, 6.45) is 0. The van der Waals surface area contributed by atoms with Gasteiger partial charge in [-0.15, -0.1) is 11.3 Å². The van der Waals surface area contributed by atoms with Crippen LogP contribution in [0.2, 0.25) is 0 Å². The number of hydrogen-bond acceptors (Lipinski definition) is 7. The first-order valence-corrected chi connectivity index (χ1v) is 9.17. The van der Waals surface area contributed by atoms with Gasteiger partial charge in [-0.3, -0.25) is 4.79 Å². The van der Waals surface area contributed by atoms with Crippen LogP contribution >= 0.6 is 23.1 Å². The standard InChI is InChI=1S/C17H15N3O3S2/c1-10(12-8-11(21)6-7-14(12)22)19-20-16(23)9-24-17-18-13-4-2-3-5-15(13)25-17/h2-8,21-22H,9H2,1H3,(H,20,23)/b19-10+. The average molecular weight is 373 g/mol. The summed E-state index contributed by atoms with van der Waals surface area (Å²) >= 11 is 2.88. The van der Waals surface area contributed by atoms with E-state index in [1.165, 1.54) is 41.3 Å². The molecular weight excluding hydrogens is 358 g/mol. The largest absolute Gasteiger partial charge is 0.508 e. The van der Waals surface area contributed by atoms with Gasteiger partial charge >= 0.3 is 0 Å². The third-order valence-corrected chi connectivity index (χ3v) is 5.50. The fourth-order valence-electron chi connectivity index (χ4n) is 2.09. The molecule has 0 fully saturated rings. The number of amides is 1. The average Bonchev–Trinajstić information content (AvgIpc) is 3.03. The van der Waals surface area contributed by atoms with E-state index in [9.17, 15) is 15.0 Å². The van der Waals surface area contributed by atoms with E-state index in [1.54, 1.807) is 6.92 Å². The predicted molar refractivity (Wildman–Crippen MR) is 100 cm³/mol. The predicted octanol–water partition coefficient (Wildman–Crippen LogP) is 3.34. The first-order valence-electron chi connectivity index (χ1n) is 7.37. The number of carbonyl (C=O) groups is 1. The number of aromatic nitrogens is 1. The molecule has 0 saturated heterocycles. The molecule has 1 amide bonds. The molecule has 0 saturated carbocycles. The molecular formula is C17H15N3O3S2. The Morgan fingerprint density at radius 1 is 1.28 bits per heavy atom. The van der Waals surface area contributed by atoms with Crippen LogP contribution in [0.4, 0.5) is 0 Å². The quantitative estimate of drug-likeness (QED) is 0.276. The van der Waals surface area contributed by atoms with Gasteiger partial charge in [0.1, 0.15) is 11.5 Å². The molecule has 0 atom stereocenters. The molecule has 3 aromatic rings. The van der Waals surface area contributed by atoms with Gasteiger partial charge in [0.2, 0.25) is 0 Å². The zero-order valence-corrected chi connectivity index (χ0v) is 14.9. The van der Waals surface area contributed by atoms with Gasteiger partial charge in [-0.25, -0.2) is 10.4 Å². The summed E-state index contributed by atoms with van der Waals surface area (Å²) in [5.74, 6) is -0.0942. The third kappa shape index (κ3) is 4.28. The highest BCUT2D eigenvalue weighted by Crippen LogP contribution is 2.29. The van der Waals surface area contributed by atoms with Crippen LogP contribution in [0, 0.1) is 0 Å². The van der Waals surface area contributed by atoms with E-state index < -0.39 is 0 Å². The van der Waals surface area contributed by atoms with Crippen molar-refractivity contribution in [2.45, 2.75) is 11.3 Å². The van der Waals surface area contributed by atoms with Gasteiger partial charge in [0.05, 0.1) is 21.7 Å². The molecule has 0 aliphatic rings. The lowest BCUT2D eigenvalue weighted by Crippen LogP contribution is -2.21. The Kier molecular flexibility index (Phi) is 5.20. The number of carbonyl (C=O) groups excluding carboxylic acids is 1. The molecule has 0 aliphatic carbocycles. The highest BCUT2D eigenvalue weighted by molar-refractivity contribution is 8.01. The molecule has 6 nitrogen and oxygen atoms in total. The molecule has 25 heavy (non-hydrogen) atoms. The van der Waals surface area contributed by atoms with Crippen molar-refractivity contribution in [3.05, 3.63) is 48.0 Å². The lowest BCUT2D eigenvalue weighted by molar-refractivity contribution is -0.118. The second-order valence-electron chi connectivity index (χ2n) is 5.17. The van der Waals surface area contributed by atoms with Crippen molar-refractivity contribution in [1.82, 2.24) is 10.4 Å². The summed E-state index contributed by atoms with van der Waals surface area (Å²) < 4.78 is 1.90. The molecule has 3 rings (SSSR count). The van der Waals surface area contributed by atoms with Crippen LogP contribution in [-0.2, 0) is 4.79 Å². The van der Waals surface area contributed by atoms with Crippen LogP contribution in [0.3, 0.4) is 0 Å². The maximum Gasteiger partial charge on any atom is 0.250 e. The van der Waals surface area contributed by atoms with Crippen molar-refractivity contribution in [3.8, 4) is 11.5 Å². The molecule has 0 aliphatic heterocycles. The van der Waals surface area contributed by atoms with Gasteiger partial charge in [-0.1, -0.05) is 23.9 Å². The van der Waals surface area contributed by atoms with E-state index in [0.717, 1.165) is 14.6 Å². The number of benzene rings is 2. The molecule has 1 aromatic heterocycles. The van der Waals surface area contributed by atoms with Gasteiger partial charge in [0.15, 0.2) is 4.34 Å². The number of rotatable bonds is 5. The molecule has 0 radical (unpaired) electrons. The van der Waals surface area contributed by atoms with Gasteiger partial charge < -0.3 is 10.2 Å². The Morgan fingerprint density at radius 3 is 2.88 bits per heavy atom. The summed E-state index contributed by atoms with van der Waals surface area (Å²) in [7, 11) is 0. The number of thiazole rings is 1. The number of fused-ring (bicyclic) bond motifs is 1. The lowest BCUT2D eigenvalue weighted by Gasteiger charge is -2.05. The van der Waals surface area contributed by atoms with E-state index in [2.05, 4.69) is 15.5 Å². The van der Waals surface area contributed by atoms with Crippen LogP contribution in [-0.4, -0.2) is 32.6 Å². The summed E-state index contributed by atoms with van der Waals surface area (Å²) in [6, 6.07) is 11.9. The van der Waals surface area contributed by atoms with Crippen molar-refractivity contribution in [2.24, 2.45) is 5.10 Å². The summed E-state index contributed by atoms with van der Waals surface area (Å²) in [5, 5.41) is 23.2. The molecule has 8 heteroatoms. The molecule has 0 spiro atoms. The summed E-state index contributed by atoms with van der Waals surface area (Å²) in [4.78, 5) is 16.4. The number of nitrogens with one attached hydrogen (secondary N) is 1. The SMILES string of the molecule is C/C(=N\NC(=O)CSc1nc2ccccc2s1)c1cc(O)ccc1O. The van der Waals surface area contributed by atoms with E-state index in [1.807, 2.05) is 24.3 Å². The van der Waals surface area contributed by atoms with Crippen LogP contribution in [0.5, 0.6) is 11.5 Å². The number of aromatic hydroxyl groups is 2. The Hall–Kier alpha value is -2.58. The Balaban J connectivity index is 1.59. The molecule has 3 N–H and O–H groups in total. The molecule has 0 bridgehead atoms. The van der Waals surface area contributed by atoms with Crippen molar-refractivity contribution < 1.29 is 15.0 Å². The number of phenolic OH excluding ortho intramolecular Hbond substituents is 2. The summed E-state index contributed by atoms with van der Waals surface area (Å²) in [6.45, 7) is 1.63. The lowest BCUT2D eigenvalue weighted by atomic mass is 10.1. The Morgan fingerprint density at radius 2 is 2.08 bits per heavy atom. The van der Waals surface area contributed by atoms with E-state index in [4.69, 9.17) is 0 Å². The first-order chi connectivity index (χ1) is 12.0. The Labute approximate surface area is 152 Å². The molecule has 1 heterocycles. The van der Waals surface area contributed by atoms with Crippen LogP contribution in [0.25, 0.3) is 10.2 Å². The fourth-order valence-corrected chi connectivity index (χ4v) is 3.95. The maximum atomic E-state index is 11.9. The highest BCUT2D eigenvalue weighted by Gasteiger charge is 2.09. The summed E-state index contributed by atoms with van der Waals surface area (Å²) in [5.41, 5.74) is 4.12. The normalized spacial score (nSPS) is 11.6. The number of nitrogens with zero attached hydrogens (tertiary/aromatic N) is 2. The zero-order valence-electron chi connectivity index (χ0n) is 13.3. The fraction of sp³-hybridized carbons (Fsp3) is 0.118. The minimum Gasteiger partial charge on any atom is -0.508 e. The van der Waals surface area contributed by atoms with Crippen molar-refractivity contribution in [1.29, 1.82) is 0 Å². The van der Waals surface area contributed by atoms with Gasteiger partial charge in [-0.05, 0) is 37.3 Å². The second-order valence-corrected chi connectivity index (χ2v) is 7.42. The zero-order chi connectivity index (χ0) is 17.8. The third-order valence-electron chi connectivity index (χ3n) is 3.32. The van der Waals surface area contributed by atoms with Crippen LogP contribution in [0.1, 0.15) is 12.5 Å². The van der Waals surface area contributed by atoms with E-state index >= 15 is 0 Å². The first kappa shape index (κ1) is 17.2. The monoisotopic (exact) mass is 373 g/mol. The smallest absolute Gasteiger partial charge is 0.250 e. The van der Waals surface area contributed by atoms with Crippen LogP contribution in [0.15, 0.2) is 51.9 Å².